The van der Waals surface area contributed by atoms with Crippen LogP contribution in [-0.2, 0) is 6.54 Å². The monoisotopic (exact) mass is 222 g/mol. The number of aromatic nitrogens is 1. The molecule has 1 aromatic rings. The van der Waals surface area contributed by atoms with Gasteiger partial charge in [-0.3, -0.25) is 0 Å². The van der Waals surface area contributed by atoms with Crippen molar-refractivity contribution in [2.45, 2.75) is 40.3 Å². The first kappa shape index (κ1) is 13.0. The minimum absolute atomic E-state index is 0.173. The van der Waals surface area contributed by atoms with Crippen LogP contribution in [0.4, 0.5) is 0 Å². The molecule has 0 spiro atoms. The van der Waals surface area contributed by atoms with Crippen LogP contribution in [0.25, 0.3) is 0 Å². The highest BCUT2D eigenvalue weighted by Crippen LogP contribution is 2.10. The van der Waals surface area contributed by atoms with Crippen molar-refractivity contribution in [1.29, 1.82) is 0 Å². The van der Waals surface area contributed by atoms with Crippen LogP contribution in [0.5, 0.6) is 5.88 Å². The summed E-state index contributed by atoms with van der Waals surface area (Å²) in [6.07, 6.45) is 1.97. The van der Waals surface area contributed by atoms with E-state index in [1.54, 1.807) is 6.20 Å². The van der Waals surface area contributed by atoms with Crippen molar-refractivity contribution in [1.82, 2.24) is 10.3 Å². The summed E-state index contributed by atoms with van der Waals surface area (Å²) in [5.41, 5.74) is 1.21. The van der Waals surface area contributed by atoms with Gasteiger partial charge in [0.05, 0.1) is 6.10 Å². The molecule has 0 radical (unpaired) electrons. The second-order valence-corrected chi connectivity index (χ2v) is 4.69. The lowest BCUT2D eigenvalue weighted by atomic mass is 10.2. The predicted molar refractivity (Wildman–Crippen MR) is 66.5 cm³/mol. The summed E-state index contributed by atoms with van der Waals surface area (Å²) >= 11 is 0. The lowest BCUT2D eigenvalue weighted by Crippen LogP contribution is -2.19. The predicted octanol–water partition coefficient (Wildman–Crippen LogP) is 2.61. The molecule has 0 saturated heterocycles. The molecular weight excluding hydrogens is 200 g/mol. The Morgan fingerprint density at radius 1 is 1.31 bits per heavy atom. The first-order valence-electron chi connectivity index (χ1n) is 5.90. The largest absolute Gasteiger partial charge is 0.475 e. The van der Waals surface area contributed by atoms with E-state index in [1.807, 2.05) is 26.0 Å². The number of nitrogens with zero attached hydrogens (tertiary/aromatic N) is 1. The normalized spacial score (nSPS) is 11.1. The zero-order chi connectivity index (χ0) is 12.0. The molecule has 1 heterocycles. The average molecular weight is 222 g/mol. The Balaban J connectivity index is 2.47. The van der Waals surface area contributed by atoms with Gasteiger partial charge in [0.15, 0.2) is 0 Å². The van der Waals surface area contributed by atoms with E-state index in [0.29, 0.717) is 11.8 Å². The quantitative estimate of drug-likeness (QED) is 0.803. The highest BCUT2D eigenvalue weighted by Gasteiger charge is 2.01. The summed E-state index contributed by atoms with van der Waals surface area (Å²) in [7, 11) is 0. The fourth-order valence-corrected chi connectivity index (χ4v) is 1.37. The van der Waals surface area contributed by atoms with E-state index in [2.05, 4.69) is 24.1 Å². The standard InChI is InChI=1S/C13H22N2O/c1-10(2)8-14-9-12-5-6-15-13(7-12)16-11(3)4/h5-7,10-11,14H,8-9H2,1-4H3. The maximum Gasteiger partial charge on any atom is 0.213 e. The van der Waals surface area contributed by atoms with Crippen LogP contribution in [0.15, 0.2) is 18.3 Å². The molecule has 0 aliphatic heterocycles. The molecular formula is C13H22N2O. The van der Waals surface area contributed by atoms with Crippen molar-refractivity contribution in [3.63, 3.8) is 0 Å². The van der Waals surface area contributed by atoms with Crippen LogP contribution in [-0.4, -0.2) is 17.6 Å². The first-order valence-corrected chi connectivity index (χ1v) is 5.90. The molecule has 0 amide bonds. The van der Waals surface area contributed by atoms with E-state index >= 15 is 0 Å². The van der Waals surface area contributed by atoms with Gasteiger partial charge in [0.1, 0.15) is 0 Å². The molecule has 3 heteroatoms. The van der Waals surface area contributed by atoms with Crippen molar-refractivity contribution in [3.8, 4) is 5.88 Å². The molecule has 0 aliphatic rings. The van der Waals surface area contributed by atoms with Gasteiger partial charge in [-0.15, -0.1) is 0 Å². The van der Waals surface area contributed by atoms with Gasteiger partial charge >= 0.3 is 0 Å². The molecule has 0 fully saturated rings. The highest BCUT2D eigenvalue weighted by molar-refractivity contribution is 5.20. The summed E-state index contributed by atoms with van der Waals surface area (Å²) < 4.78 is 5.54. The van der Waals surface area contributed by atoms with Crippen molar-refractivity contribution >= 4 is 0 Å². The van der Waals surface area contributed by atoms with E-state index in [1.165, 1.54) is 5.56 Å². The van der Waals surface area contributed by atoms with Gasteiger partial charge in [-0.2, -0.15) is 0 Å². The Morgan fingerprint density at radius 3 is 2.69 bits per heavy atom. The third-order valence-electron chi connectivity index (χ3n) is 2.04. The summed E-state index contributed by atoms with van der Waals surface area (Å²) in [6, 6.07) is 4.01. The summed E-state index contributed by atoms with van der Waals surface area (Å²) in [4.78, 5) is 4.17. The Kier molecular flexibility index (Phi) is 5.26. The molecule has 0 atom stereocenters. The maximum absolute atomic E-state index is 5.54. The van der Waals surface area contributed by atoms with E-state index in [9.17, 15) is 0 Å². The average Bonchev–Trinajstić information content (AvgIpc) is 2.16. The van der Waals surface area contributed by atoms with E-state index in [-0.39, 0.29) is 6.10 Å². The molecule has 0 aromatic carbocycles. The van der Waals surface area contributed by atoms with E-state index < -0.39 is 0 Å². The third kappa shape index (κ3) is 5.12. The molecule has 0 saturated carbocycles. The van der Waals surface area contributed by atoms with Gasteiger partial charge in [0.25, 0.3) is 0 Å². The third-order valence-corrected chi connectivity index (χ3v) is 2.04. The number of hydrogen-bond donors (Lipinski definition) is 1. The van der Waals surface area contributed by atoms with Crippen molar-refractivity contribution in [2.24, 2.45) is 5.92 Å². The van der Waals surface area contributed by atoms with Crippen LogP contribution in [0, 0.1) is 5.92 Å². The maximum atomic E-state index is 5.54. The molecule has 1 aromatic heterocycles. The van der Waals surface area contributed by atoms with Gasteiger partial charge < -0.3 is 10.1 Å². The topological polar surface area (TPSA) is 34.2 Å². The second kappa shape index (κ2) is 6.48. The van der Waals surface area contributed by atoms with Crippen LogP contribution in [0.1, 0.15) is 33.3 Å². The SMILES string of the molecule is CC(C)CNCc1ccnc(OC(C)C)c1. The molecule has 0 aliphatic carbocycles. The minimum atomic E-state index is 0.173. The van der Waals surface area contributed by atoms with E-state index in [0.717, 1.165) is 13.1 Å². The summed E-state index contributed by atoms with van der Waals surface area (Å²) in [6.45, 7) is 10.3. The zero-order valence-corrected chi connectivity index (χ0v) is 10.7. The first-order chi connectivity index (χ1) is 7.58. The highest BCUT2D eigenvalue weighted by atomic mass is 16.5. The van der Waals surface area contributed by atoms with Crippen LogP contribution >= 0.6 is 0 Å². The number of rotatable bonds is 6. The molecule has 1 N–H and O–H groups in total. The van der Waals surface area contributed by atoms with Gasteiger partial charge in [0.2, 0.25) is 5.88 Å². The fraction of sp³-hybridized carbons (Fsp3) is 0.615. The molecule has 1 rings (SSSR count). The van der Waals surface area contributed by atoms with Gasteiger partial charge in [-0.1, -0.05) is 13.8 Å². The van der Waals surface area contributed by atoms with Crippen LogP contribution in [0.3, 0.4) is 0 Å². The molecule has 3 nitrogen and oxygen atoms in total. The zero-order valence-electron chi connectivity index (χ0n) is 10.7. The smallest absolute Gasteiger partial charge is 0.213 e. The number of nitrogens with one attached hydrogen (secondary N) is 1. The Morgan fingerprint density at radius 2 is 2.06 bits per heavy atom. The molecule has 0 unspecified atom stereocenters. The lowest BCUT2D eigenvalue weighted by Gasteiger charge is -2.10. The molecule has 16 heavy (non-hydrogen) atoms. The fourth-order valence-electron chi connectivity index (χ4n) is 1.37. The number of hydrogen-bond acceptors (Lipinski definition) is 3. The Hall–Kier alpha value is -1.09. The molecule has 90 valence electrons. The van der Waals surface area contributed by atoms with Crippen molar-refractivity contribution in [3.05, 3.63) is 23.9 Å². The molecule has 0 bridgehead atoms. The second-order valence-electron chi connectivity index (χ2n) is 4.69. The van der Waals surface area contributed by atoms with Crippen LogP contribution in [0.2, 0.25) is 0 Å². The summed E-state index contributed by atoms with van der Waals surface area (Å²) in [5.74, 6) is 1.38. The lowest BCUT2D eigenvalue weighted by molar-refractivity contribution is 0.232. The van der Waals surface area contributed by atoms with Gasteiger partial charge in [-0.05, 0) is 37.9 Å². The Labute approximate surface area is 98.2 Å². The van der Waals surface area contributed by atoms with Crippen LogP contribution < -0.4 is 10.1 Å². The minimum Gasteiger partial charge on any atom is -0.475 e. The number of ether oxygens (including phenoxy) is 1. The van der Waals surface area contributed by atoms with Crippen molar-refractivity contribution < 1.29 is 4.74 Å². The van der Waals surface area contributed by atoms with Gasteiger partial charge in [0, 0.05) is 18.8 Å². The van der Waals surface area contributed by atoms with Crippen molar-refractivity contribution in [2.75, 3.05) is 6.54 Å². The Bertz CT molecular complexity index is 311. The van der Waals surface area contributed by atoms with E-state index in [4.69, 9.17) is 4.74 Å². The summed E-state index contributed by atoms with van der Waals surface area (Å²) in [5, 5.41) is 3.40. The number of pyridine rings is 1. The van der Waals surface area contributed by atoms with Gasteiger partial charge in [-0.25, -0.2) is 4.98 Å².